The Balaban J connectivity index is 1.77. The van der Waals surface area contributed by atoms with Gasteiger partial charge in [0, 0.05) is 15.0 Å². The Kier molecular flexibility index (Phi) is 7.78. The second-order valence-corrected chi connectivity index (χ2v) is 10.8. The summed E-state index contributed by atoms with van der Waals surface area (Å²) in [5.41, 5.74) is 2.21. The number of imide groups is 1. The largest absolute Gasteiger partial charge is 0.453 e. The molecule has 166 valence electrons. The number of rotatable bonds is 6. The summed E-state index contributed by atoms with van der Waals surface area (Å²) >= 11 is 3.20. The SMILES string of the molecule is COC(=O)NC(=O)c1c(NC(=O)Cc2ccc(SC(C)C)cc2)sc2c1CCC(C)C2. The number of thiophene rings is 1. The monoisotopic (exact) mass is 460 g/mol. The lowest BCUT2D eigenvalue weighted by Crippen LogP contribution is -2.31. The molecule has 0 radical (unpaired) electrons. The van der Waals surface area contributed by atoms with E-state index in [1.807, 2.05) is 24.3 Å². The van der Waals surface area contributed by atoms with E-state index in [0.29, 0.717) is 21.7 Å². The van der Waals surface area contributed by atoms with E-state index >= 15 is 0 Å². The van der Waals surface area contributed by atoms with Crippen LogP contribution < -0.4 is 10.6 Å². The van der Waals surface area contributed by atoms with Gasteiger partial charge in [0.2, 0.25) is 5.91 Å². The molecular weight excluding hydrogens is 432 g/mol. The topological polar surface area (TPSA) is 84.5 Å². The van der Waals surface area contributed by atoms with Crippen molar-refractivity contribution in [1.82, 2.24) is 5.32 Å². The first-order valence-electron chi connectivity index (χ1n) is 10.4. The Morgan fingerprint density at radius 2 is 1.94 bits per heavy atom. The third kappa shape index (κ3) is 6.11. The van der Waals surface area contributed by atoms with Gasteiger partial charge < -0.3 is 10.1 Å². The van der Waals surface area contributed by atoms with E-state index in [1.165, 1.54) is 23.3 Å². The molecule has 2 aromatic rings. The number of fused-ring (bicyclic) bond motifs is 1. The van der Waals surface area contributed by atoms with Crippen LogP contribution in [0.5, 0.6) is 0 Å². The first-order valence-corrected chi connectivity index (χ1v) is 12.1. The Morgan fingerprint density at radius 1 is 1.23 bits per heavy atom. The lowest BCUT2D eigenvalue weighted by atomic mass is 9.88. The highest BCUT2D eigenvalue weighted by Crippen LogP contribution is 2.39. The van der Waals surface area contributed by atoms with Crippen LogP contribution in [0.25, 0.3) is 0 Å². The third-order valence-electron chi connectivity index (χ3n) is 5.05. The van der Waals surface area contributed by atoms with Crippen molar-refractivity contribution >= 4 is 46.0 Å². The number of ether oxygens (including phenoxy) is 1. The van der Waals surface area contributed by atoms with Crippen LogP contribution in [0.4, 0.5) is 9.80 Å². The number of alkyl carbamates (subject to hydrolysis) is 1. The number of hydrogen-bond donors (Lipinski definition) is 2. The number of thioether (sulfide) groups is 1. The average molecular weight is 461 g/mol. The van der Waals surface area contributed by atoms with Crippen molar-refractivity contribution in [2.45, 2.75) is 56.6 Å². The standard InChI is InChI=1S/C23H28N2O4S2/c1-13(2)30-16-8-6-15(7-9-16)12-19(26)24-22-20(21(27)25-23(28)29-4)17-10-5-14(3)11-18(17)31-22/h6-9,13-14H,5,10-12H2,1-4H3,(H,24,26)(H,25,27,28). The number of benzene rings is 1. The summed E-state index contributed by atoms with van der Waals surface area (Å²) in [5, 5.41) is 6.14. The van der Waals surface area contributed by atoms with E-state index < -0.39 is 12.0 Å². The molecule has 1 aliphatic carbocycles. The Bertz CT molecular complexity index is 967. The Labute approximate surface area is 191 Å². The predicted octanol–water partition coefficient (Wildman–Crippen LogP) is 5.05. The molecule has 0 saturated carbocycles. The highest BCUT2D eigenvalue weighted by molar-refractivity contribution is 7.99. The summed E-state index contributed by atoms with van der Waals surface area (Å²) in [4.78, 5) is 39.3. The minimum Gasteiger partial charge on any atom is -0.453 e. The molecule has 1 atom stereocenters. The molecule has 1 heterocycles. The molecule has 1 aliphatic rings. The molecule has 2 N–H and O–H groups in total. The summed E-state index contributed by atoms with van der Waals surface area (Å²) in [6.07, 6.45) is 1.98. The van der Waals surface area contributed by atoms with Crippen LogP contribution in [0.3, 0.4) is 0 Å². The van der Waals surface area contributed by atoms with Crippen molar-refractivity contribution in [3.8, 4) is 0 Å². The first kappa shape index (κ1) is 23.3. The number of methoxy groups -OCH3 is 1. The molecule has 0 bridgehead atoms. The van der Waals surface area contributed by atoms with Gasteiger partial charge in [-0.15, -0.1) is 23.1 Å². The highest BCUT2D eigenvalue weighted by atomic mass is 32.2. The minimum absolute atomic E-state index is 0.192. The van der Waals surface area contributed by atoms with Gasteiger partial charge in [0.1, 0.15) is 5.00 Å². The Hall–Kier alpha value is -2.32. The molecule has 3 rings (SSSR count). The first-order chi connectivity index (χ1) is 14.8. The van der Waals surface area contributed by atoms with Crippen LogP contribution in [-0.2, 0) is 28.8 Å². The summed E-state index contributed by atoms with van der Waals surface area (Å²) in [7, 11) is 1.21. The molecule has 0 aliphatic heterocycles. The molecular formula is C23H28N2O4S2. The number of nitrogens with one attached hydrogen (secondary N) is 2. The van der Waals surface area contributed by atoms with Gasteiger partial charge in [-0.05, 0) is 48.4 Å². The maximum absolute atomic E-state index is 12.8. The van der Waals surface area contributed by atoms with E-state index in [2.05, 4.69) is 36.1 Å². The van der Waals surface area contributed by atoms with Crippen molar-refractivity contribution in [1.29, 1.82) is 0 Å². The fourth-order valence-electron chi connectivity index (χ4n) is 3.60. The summed E-state index contributed by atoms with van der Waals surface area (Å²) in [6, 6.07) is 7.95. The number of carbonyl (C=O) groups excluding carboxylic acids is 3. The molecule has 6 nitrogen and oxygen atoms in total. The van der Waals surface area contributed by atoms with Gasteiger partial charge in [-0.3, -0.25) is 14.9 Å². The van der Waals surface area contributed by atoms with E-state index in [9.17, 15) is 14.4 Å². The van der Waals surface area contributed by atoms with Gasteiger partial charge in [0.25, 0.3) is 5.91 Å². The fourth-order valence-corrected chi connectivity index (χ4v) is 5.86. The second kappa shape index (κ2) is 10.3. The van der Waals surface area contributed by atoms with Crippen LogP contribution in [-0.4, -0.2) is 30.3 Å². The molecule has 3 amide bonds. The van der Waals surface area contributed by atoms with Gasteiger partial charge in [-0.1, -0.05) is 32.9 Å². The maximum atomic E-state index is 12.8. The summed E-state index contributed by atoms with van der Waals surface area (Å²) in [6.45, 7) is 6.46. The van der Waals surface area contributed by atoms with Crippen molar-refractivity contribution < 1.29 is 19.1 Å². The predicted molar refractivity (Wildman–Crippen MR) is 125 cm³/mol. The third-order valence-corrected chi connectivity index (χ3v) is 7.24. The van der Waals surface area contributed by atoms with Crippen LogP contribution in [0, 0.1) is 5.92 Å². The van der Waals surface area contributed by atoms with E-state index in [1.54, 1.807) is 11.8 Å². The normalized spacial score (nSPS) is 15.3. The van der Waals surface area contributed by atoms with Gasteiger partial charge in [-0.25, -0.2) is 4.79 Å². The van der Waals surface area contributed by atoms with Crippen LogP contribution in [0.2, 0.25) is 0 Å². The smallest absolute Gasteiger partial charge is 0.413 e. The zero-order valence-electron chi connectivity index (χ0n) is 18.2. The molecule has 1 unspecified atom stereocenters. The minimum atomic E-state index is -0.814. The van der Waals surface area contributed by atoms with Crippen molar-refractivity contribution in [2.24, 2.45) is 5.92 Å². The average Bonchev–Trinajstić information content (AvgIpc) is 3.05. The van der Waals surface area contributed by atoms with Gasteiger partial charge in [0.05, 0.1) is 19.1 Å². The molecule has 31 heavy (non-hydrogen) atoms. The molecule has 0 spiro atoms. The van der Waals surface area contributed by atoms with E-state index in [4.69, 9.17) is 0 Å². The fraction of sp³-hybridized carbons (Fsp3) is 0.435. The molecule has 0 saturated heterocycles. The van der Waals surface area contributed by atoms with Gasteiger partial charge in [-0.2, -0.15) is 0 Å². The number of hydrogen-bond acceptors (Lipinski definition) is 6. The van der Waals surface area contributed by atoms with Gasteiger partial charge >= 0.3 is 6.09 Å². The maximum Gasteiger partial charge on any atom is 0.413 e. The zero-order chi connectivity index (χ0) is 22.5. The Morgan fingerprint density at radius 3 is 2.58 bits per heavy atom. The summed E-state index contributed by atoms with van der Waals surface area (Å²) in [5.74, 6) is -0.208. The molecule has 1 aromatic carbocycles. The lowest BCUT2D eigenvalue weighted by molar-refractivity contribution is -0.115. The number of anilines is 1. The summed E-state index contributed by atoms with van der Waals surface area (Å²) < 4.78 is 4.56. The van der Waals surface area contributed by atoms with Gasteiger partial charge in [0.15, 0.2) is 0 Å². The molecule has 0 fully saturated rings. The number of amides is 3. The lowest BCUT2D eigenvalue weighted by Gasteiger charge is -2.18. The molecule has 8 heteroatoms. The quantitative estimate of drug-likeness (QED) is 0.589. The van der Waals surface area contributed by atoms with E-state index in [-0.39, 0.29) is 12.3 Å². The van der Waals surface area contributed by atoms with E-state index in [0.717, 1.165) is 35.3 Å². The van der Waals surface area contributed by atoms with Crippen LogP contribution >= 0.6 is 23.1 Å². The highest BCUT2D eigenvalue weighted by Gasteiger charge is 2.29. The second-order valence-electron chi connectivity index (χ2n) is 8.04. The number of carbonyl (C=O) groups is 3. The van der Waals surface area contributed by atoms with Crippen LogP contribution in [0.1, 0.15) is 53.6 Å². The van der Waals surface area contributed by atoms with Crippen molar-refractivity contribution in [3.05, 3.63) is 45.8 Å². The van der Waals surface area contributed by atoms with Crippen LogP contribution in [0.15, 0.2) is 29.2 Å². The van der Waals surface area contributed by atoms with Crippen molar-refractivity contribution in [3.63, 3.8) is 0 Å². The zero-order valence-corrected chi connectivity index (χ0v) is 19.9. The molecule has 1 aromatic heterocycles. The van der Waals surface area contributed by atoms with Crippen molar-refractivity contribution in [2.75, 3.05) is 12.4 Å².